The van der Waals surface area contributed by atoms with E-state index in [1.165, 1.54) is 12.8 Å². The van der Waals surface area contributed by atoms with E-state index in [4.69, 9.17) is 9.84 Å². The number of carbonyl (C=O) groups is 2. The quantitative estimate of drug-likeness (QED) is 0.800. The molecule has 1 saturated carbocycles. The first-order valence-corrected chi connectivity index (χ1v) is 7.01. The molecule has 1 heterocycles. The van der Waals surface area contributed by atoms with Crippen LogP contribution in [0.2, 0.25) is 0 Å². The molecule has 2 N–H and O–H groups in total. The Hall–Kier alpha value is -1.30. The molecule has 0 aromatic carbocycles. The Bertz CT molecular complexity index is 342. The number of ether oxygens (including phenoxy) is 1. The van der Waals surface area contributed by atoms with Crippen molar-refractivity contribution in [3.05, 3.63) is 0 Å². The van der Waals surface area contributed by atoms with E-state index in [2.05, 4.69) is 5.32 Å². The average molecular weight is 270 g/mol. The lowest BCUT2D eigenvalue weighted by Crippen LogP contribution is -2.51. The summed E-state index contributed by atoms with van der Waals surface area (Å²) in [5, 5.41) is 11.9. The summed E-state index contributed by atoms with van der Waals surface area (Å²) < 4.78 is 5.16. The molecule has 1 aliphatic carbocycles. The Morgan fingerprint density at radius 2 is 2.00 bits per heavy atom. The van der Waals surface area contributed by atoms with E-state index in [-0.39, 0.29) is 19.2 Å². The highest BCUT2D eigenvalue weighted by molar-refractivity contribution is 5.77. The molecule has 2 rings (SSSR count). The number of nitrogens with one attached hydrogen (secondary N) is 1. The zero-order chi connectivity index (χ0) is 13.8. The lowest BCUT2D eigenvalue weighted by molar-refractivity contribution is -0.142. The molecule has 2 atom stereocenters. The van der Waals surface area contributed by atoms with Crippen molar-refractivity contribution in [2.75, 3.05) is 19.8 Å². The van der Waals surface area contributed by atoms with Gasteiger partial charge in [-0.15, -0.1) is 0 Å². The zero-order valence-electron chi connectivity index (χ0n) is 11.3. The maximum Gasteiger partial charge on any atom is 0.317 e. The van der Waals surface area contributed by atoms with Crippen LogP contribution in [0, 0.1) is 5.92 Å². The molecular formula is C13H22N2O4. The SMILES string of the molecule is CCN(C(=O)NC1COCC1C(=O)O)C1CCCC1. The van der Waals surface area contributed by atoms with Gasteiger partial charge in [0.1, 0.15) is 5.92 Å². The van der Waals surface area contributed by atoms with E-state index in [9.17, 15) is 9.59 Å². The molecule has 19 heavy (non-hydrogen) atoms. The van der Waals surface area contributed by atoms with Gasteiger partial charge in [-0.25, -0.2) is 4.79 Å². The van der Waals surface area contributed by atoms with E-state index < -0.39 is 17.9 Å². The van der Waals surface area contributed by atoms with Crippen LogP contribution >= 0.6 is 0 Å². The third kappa shape index (κ3) is 3.18. The predicted octanol–water partition coefficient (Wildman–Crippen LogP) is 1.06. The van der Waals surface area contributed by atoms with Gasteiger partial charge in [-0.3, -0.25) is 4.79 Å². The number of rotatable bonds is 4. The minimum Gasteiger partial charge on any atom is -0.481 e. The molecule has 1 saturated heterocycles. The van der Waals surface area contributed by atoms with Gasteiger partial charge in [0.25, 0.3) is 0 Å². The van der Waals surface area contributed by atoms with Gasteiger partial charge in [-0.2, -0.15) is 0 Å². The van der Waals surface area contributed by atoms with Gasteiger partial charge in [0.05, 0.1) is 19.3 Å². The predicted molar refractivity (Wildman–Crippen MR) is 68.9 cm³/mol. The summed E-state index contributed by atoms with van der Waals surface area (Å²) in [7, 11) is 0. The third-order valence-corrected chi connectivity index (χ3v) is 4.07. The number of hydrogen-bond acceptors (Lipinski definition) is 3. The van der Waals surface area contributed by atoms with E-state index >= 15 is 0 Å². The lowest BCUT2D eigenvalue weighted by atomic mass is 10.0. The molecule has 0 aromatic heterocycles. The molecule has 2 amide bonds. The van der Waals surface area contributed by atoms with Gasteiger partial charge >= 0.3 is 12.0 Å². The number of carboxylic acid groups (broad SMARTS) is 1. The number of carboxylic acids is 1. The van der Waals surface area contributed by atoms with Crippen LogP contribution in [0.4, 0.5) is 4.79 Å². The first-order valence-electron chi connectivity index (χ1n) is 7.01. The highest BCUT2D eigenvalue weighted by Crippen LogP contribution is 2.23. The number of amides is 2. The first-order chi connectivity index (χ1) is 9.13. The molecule has 1 aliphatic heterocycles. The van der Waals surface area contributed by atoms with Crippen LogP contribution in [0.5, 0.6) is 0 Å². The molecule has 0 aromatic rings. The molecule has 2 unspecified atom stereocenters. The number of nitrogens with zero attached hydrogens (tertiary/aromatic N) is 1. The normalized spacial score (nSPS) is 27.4. The van der Waals surface area contributed by atoms with Gasteiger partial charge < -0.3 is 20.1 Å². The van der Waals surface area contributed by atoms with Crippen LogP contribution in [-0.4, -0.2) is 53.8 Å². The minimum absolute atomic E-state index is 0.156. The van der Waals surface area contributed by atoms with Crippen molar-refractivity contribution in [1.29, 1.82) is 0 Å². The lowest BCUT2D eigenvalue weighted by Gasteiger charge is -2.29. The largest absolute Gasteiger partial charge is 0.481 e. The van der Waals surface area contributed by atoms with Crippen LogP contribution < -0.4 is 5.32 Å². The summed E-state index contributed by atoms with van der Waals surface area (Å²) in [6.45, 7) is 3.07. The molecule has 2 fully saturated rings. The Morgan fingerprint density at radius 3 is 2.58 bits per heavy atom. The zero-order valence-corrected chi connectivity index (χ0v) is 11.3. The number of carbonyl (C=O) groups excluding carboxylic acids is 1. The summed E-state index contributed by atoms with van der Waals surface area (Å²) in [5.41, 5.74) is 0. The maximum absolute atomic E-state index is 12.3. The standard InChI is InChI=1S/C13H22N2O4/c1-2-15(9-5-3-4-6-9)13(18)14-11-8-19-7-10(11)12(16)17/h9-11H,2-8H2,1H3,(H,14,18)(H,16,17). The number of aliphatic carboxylic acids is 1. The van der Waals surface area contributed by atoms with E-state index in [1.807, 2.05) is 11.8 Å². The maximum atomic E-state index is 12.3. The molecule has 0 spiro atoms. The molecule has 6 nitrogen and oxygen atoms in total. The van der Waals surface area contributed by atoms with Crippen molar-refractivity contribution in [2.24, 2.45) is 5.92 Å². The topological polar surface area (TPSA) is 78.9 Å². The van der Waals surface area contributed by atoms with Gasteiger partial charge in [-0.05, 0) is 19.8 Å². The highest BCUT2D eigenvalue weighted by atomic mass is 16.5. The fourth-order valence-corrected chi connectivity index (χ4v) is 2.97. The number of urea groups is 1. The molecule has 108 valence electrons. The van der Waals surface area contributed by atoms with Gasteiger partial charge in [0, 0.05) is 12.6 Å². The second kappa shape index (κ2) is 6.23. The fraction of sp³-hybridized carbons (Fsp3) is 0.846. The van der Waals surface area contributed by atoms with Crippen LogP contribution in [0.15, 0.2) is 0 Å². The Balaban J connectivity index is 1.93. The first kappa shape index (κ1) is 14.1. The van der Waals surface area contributed by atoms with Crippen molar-refractivity contribution in [3.63, 3.8) is 0 Å². The summed E-state index contributed by atoms with van der Waals surface area (Å²) >= 11 is 0. The average Bonchev–Trinajstić information content (AvgIpc) is 3.00. The van der Waals surface area contributed by atoms with Crippen LogP contribution in [0.25, 0.3) is 0 Å². The summed E-state index contributed by atoms with van der Waals surface area (Å²) in [4.78, 5) is 25.1. The van der Waals surface area contributed by atoms with E-state index in [0.717, 1.165) is 12.8 Å². The van der Waals surface area contributed by atoms with Crippen molar-refractivity contribution >= 4 is 12.0 Å². The summed E-state index contributed by atoms with van der Waals surface area (Å²) in [6, 6.07) is -0.271. The molecule has 2 aliphatic rings. The summed E-state index contributed by atoms with van der Waals surface area (Å²) in [5.74, 6) is -1.54. The Morgan fingerprint density at radius 1 is 1.32 bits per heavy atom. The van der Waals surface area contributed by atoms with E-state index in [0.29, 0.717) is 12.6 Å². The molecule has 6 heteroatoms. The van der Waals surface area contributed by atoms with Gasteiger partial charge in [-0.1, -0.05) is 12.8 Å². The second-order valence-corrected chi connectivity index (χ2v) is 5.26. The number of hydrogen-bond donors (Lipinski definition) is 2. The smallest absolute Gasteiger partial charge is 0.317 e. The molecule has 0 bridgehead atoms. The van der Waals surface area contributed by atoms with Crippen LogP contribution in [-0.2, 0) is 9.53 Å². The van der Waals surface area contributed by atoms with E-state index in [1.54, 1.807) is 0 Å². The van der Waals surface area contributed by atoms with Gasteiger partial charge in [0.15, 0.2) is 0 Å². The monoisotopic (exact) mass is 270 g/mol. The molecular weight excluding hydrogens is 248 g/mol. The Kier molecular flexibility index (Phi) is 4.63. The van der Waals surface area contributed by atoms with Crippen molar-refractivity contribution in [3.8, 4) is 0 Å². The fourth-order valence-electron chi connectivity index (χ4n) is 2.97. The van der Waals surface area contributed by atoms with Crippen molar-refractivity contribution in [2.45, 2.75) is 44.7 Å². The van der Waals surface area contributed by atoms with Crippen LogP contribution in [0.1, 0.15) is 32.6 Å². The Labute approximate surface area is 113 Å². The van der Waals surface area contributed by atoms with Gasteiger partial charge in [0.2, 0.25) is 0 Å². The molecule has 0 radical (unpaired) electrons. The second-order valence-electron chi connectivity index (χ2n) is 5.26. The summed E-state index contributed by atoms with van der Waals surface area (Å²) in [6.07, 6.45) is 4.42. The minimum atomic E-state index is -0.910. The van der Waals surface area contributed by atoms with Crippen molar-refractivity contribution < 1.29 is 19.4 Å². The third-order valence-electron chi connectivity index (χ3n) is 4.07. The van der Waals surface area contributed by atoms with Crippen LogP contribution in [0.3, 0.4) is 0 Å². The highest BCUT2D eigenvalue weighted by Gasteiger charge is 2.36. The van der Waals surface area contributed by atoms with Crippen molar-refractivity contribution in [1.82, 2.24) is 10.2 Å².